The summed E-state index contributed by atoms with van der Waals surface area (Å²) in [5.41, 5.74) is 6.13. The minimum atomic E-state index is -1.43. The Kier molecular flexibility index (Phi) is 12.1. The van der Waals surface area contributed by atoms with Crippen LogP contribution in [0.5, 0.6) is 0 Å². The quantitative estimate of drug-likeness (QED) is 0.295. The molecule has 0 spiro atoms. The molecule has 1 heterocycles. The van der Waals surface area contributed by atoms with Gasteiger partial charge in [-0.1, -0.05) is 38.5 Å². The molecule has 1 aliphatic heterocycles. The van der Waals surface area contributed by atoms with Crippen LogP contribution in [0.25, 0.3) is 0 Å². The maximum atomic E-state index is 14.2. The summed E-state index contributed by atoms with van der Waals surface area (Å²) in [5, 5.41) is 15.0. The second-order valence-electron chi connectivity index (χ2n) is 11.7. The Morgan fingerprint density at radius 2 is 1.83 bits per heavy atom. The van der Waals surface area contributed by atoms with Crippen molar-refractivity contribution in [2.75, 3.05) is 39.3 Å². The average molecular weight is 575 g/mol. The number of hydrogen-bond acceptors (Lipinski definition) is 5. The van der Waals surface area contributed by atoms with Crippen LogP contribution in [0.2, 0.25) is 0 Å². The first kappa shape index (κ1) is 32.9. The second kappa shape index (κ2) is 15.0. The normalized spacial score (nSPS) is 22.7. The van der Waals surface area contributed by atoms with Gasteiger partial charge in [-0.25, -0.2) is 8.78 Å². The molecule has 228 valence electrons. The minimum Gasteiger partial charge on any atom is -0.391 e. The number of benzene rings is 1. The number of likely N-dealkylation sites (tertiary alicyclic amines) is 1. The summed E-state index contributed by atoms with van der Waals surface area (Å²) < 4.78 is 28.4. The SMILES string of the molecule is CCCN(CCC)C(=O)C1=CC(C)=CC(C(N)=O)([C@H](Cc2cc(F)cc(F)c2)[C@@H](O)CNCC2CCCN2CC)C1. The molecule has 0 radical (unpaired) electrons. The smallest absolute Gasteiger partial charge is 0.249 e. The highest BCUT2D eigenvalue weighted by atomic mass is 19.1. The number of hydrogen-bond donors (Lipinski definition) is 3. The van der Waals surface area contributed by atoms with Crippen LogP contribution in [0.4, 0.5) is 8.78 Å². The second-order valence-corrected chi connectivity index (χ2v) is 11.7. The summed E-state index contributed by atoms with van der Waals surface area (Å²) in [6.45, 7) is 12.0. The van der Waals surface area contributed by atoms with E-state index in [2.05, 4.69) is 17.1 Å². The number of nitrogens with zero attached hydrogens (tertiary/aromatic N) is 2. The van der Waals surface area contributed by atoms with Crippen LogP contribution < -0.4 is 11.1 Å². The minimum absolute atomic E-state index is 0.00383. The molecule has 2 unspecified atom stereocenters. The van der Waals surface area contributed by atoms with Crippen LogP contribution in [0.15, 0.2) is 41.5 Å². The van der Waals surface area contributed by atoms with Gasteiger partial charge in [0.1, 0.15) is 11.6 Å². The number of allylic oxidation sites excluding steroid dienone is 2. The van der Waals surface area contributed by atoms with Gasteiger partial charge in [-0.05, 0) is 76.2 Å². The van der Waals surface area contributed by atoms with E-state index in [1.807, 2.05) is 13.8 Å². The molecule has 1 aliphatic carbocycles. The van der Waals surface area contributed by atoms with Gasteiger partial charge in [0.15, 0.2) is 0 Å². The standard InChI is InChI=1S/C32H48F2N4O3/c1-5-10-38(11-6-2)30(40)24-13-22(4)18-32(19-24,31(35)41)28(16-23-14-25(33)17-26(34)15-23)29(39)21-36-20-27-9-8-12-37(27)7-3/h13-15,17-18,27-29,36,39H,5-12,16,19-21H2,1-4H3,(H2,35,41)/t27?,28-,29+,32?/m1/s1. The predicted octanol–water partition coefficient (Wildman–Crippen LogP) is 3.96. The van der Waals surface area contributed by atoms with Crippen molar-refractivity contribution < 1.29 is 23.5 Å². The van der Waals surface area contributed by atoms with E-state index in [4.69, 9.17) is 5.73 Å². The van der Waals surface area contributed by atoms with Crippen molar-refractivity contribution in [2.24, 2.45) is 17.1 Å². The number of halogens is 2. The van der Waals surface area contributed by atoms with E-state index in [1.165, 1.54) is 12.1 Å². The maximum Gasteiger partial charge on any atom is 0.249 e. The molecule has 4 atom stereocenters. The summed E-state index contributed by atoms with van der Waals surface area (Å²) in [4.78, 5) is 31.2. The third-order valence-electron chi connectivity index (χ3n) is 8.52. The van der Waals surface area contributed by atoms with Crippen LogP contribution in [-0.4, -0.2) is 78.1 Å². The Morgan fingerprint density at radius 1 is 1.17 bits per heavy atom. The Balaban J connectivity index is 1.95. The summed E-state index contributed by atoms with van der Waals surface area (Å²) in [6.07, 6.45) is 6.23. The summed E-state index contributed by atoms with van der Waals surface area (Å²) in [7, 11) is 0. The number of nitrogens with two attached hydrogens (primary N) is 1. The topological polar surface area (TPSA) is 98.9 Å². The first-order chi connectivity index (χ1) is 19.5. The number of primary amides is 1. The molecule has 1 fully saturated rings. The van der Waals surface area contributed by atoms with Crippen molar-refractivity contribution in [3.8, 4) is 0 Å². The van der Waals surface area contributed by atoms with E-state index >= 15 is 0 Å². The molecule has 41 heavy (non-hydrogen) atoms. The molecule has 1 saturated heterocycles. The number of carbonyl (C=O) groups excluding carboxylic acids is 2. The van der Waals surface area contributed by atoms with Gasteiger partial charge in [0.25, 0.3) is 0 Å². The van der Waals surface area contributed by atoms with E-state index in [-0.39, 0.29) is 25.3 Å². The molecule has 0 bridgehead atoms. The van der Waals surface area contributed by atoms with Gasteiger partial charge in [0.2, 0.25) is 11.8 Å². The van der Waals surface area contributed by atoms with E-state index in [0.717, 1.165) is 44.8 Å². The van der Waals surface area contributed by atoms with Gasteiger partial charge in [0.05, 0.1) is 11.5 Å². The monoisotopic (exact) mass is 574 g/mol. The van der Waals surface area contributed by atoms with Crippen molar-refractivity contribution in [3.63, 3.8) is 0 Å². The molecule has 1 aromatic carbocycles. The van der Waals surface area contributed by atoms with Gasteiger partial charge in [-0.15, -0.1) is 0 Å². The number of carbonyl (C=O) groups is 2. The maximum absolute atomic E-state index is 14.2. The van der Waals surface area contributed by atoms with Crippen molar-refractivity contribution in [1.82, 2.24) is 15.1 Å². The van der Waals surface area contributed by atoms with Crippen molar-refractivity contribution in [2.45, 2.75) is 78.4 Å². The largest absolute Gasteiger partial charge is 0.391 e. The van der Waals surface area contributed by atoms with Crippen molar-refractivity contribution in [1.29, 1.82) is 0 Å². The number of aliphatic hydroxyl groups is 1. The molecule has 4 N–H and O–H groups in total. The number of amides is 2. The first-order valence-electron chi connectivity index (χ1n) is 15.1. The van der Waals surface area contributed by atoms with E-state index in [1.54, 1.807) is 24.0 Å². The lowest BCUT2D eigenvalue weighted by molar-refractivity contribution is -0.132. The molecule has 7 nitrogen and oxygen atoms in total. The predicted molar refractivity (Wildman–Crippen MR) is 158 cm³/mol. The zero-order chi connectivity index (χ0) is 30.2. The molecular formula is C32H48F2N4O3. The van der Waals surface area contributed by atoms with Gasteiger partial charge < -0.3 is 21.1 Å². The van der Waals surface area contributed by atoms with Crippen LogP contribution in [-0.2, 0) is 16.0 Å². The summed E-state index contributed by atoms with van der Waals surface area (Å²) >= 11 is 0. The molecule has 9 heteroatoms. The van der Waals surface area contributed by atoms with Gasteiger partial charge in [0, 0.05) is 49.8 Å². The van der Waals surface area contributed by atoms with Crippen LogP contribution >= 0.6 is 0 Å². The zero-order valence-electron chi connectivity index (χ0n) is 25.1. The average Bonchev–Trinajstić information content (AvgIpc) is 3.37. The van der Waals surface area contributed by atoms with Gasteiger partial charge >= 0.3 is 0 Å². The van der Waals surface area contributed by atoms with Crippen molar-refractivity contribution in [3.05, 3.63) is 58.7 Å². The van der Waals surface area contributed by atoms with Crippen LogP contribution in [0, 0.1) is 23.0 Å². The fraction of sp³-hybridized carbons (Fsp3) is 0.625. The lowest BCUT2D eigenvalue weighted by atomic mass is 9.63. The zero-order valence-corrected chi connectivity index (χ0v) is 25.1. The molecule has 0 aromatic heterocycles. The lowest BCUT2D eigenvalue weighted by Gasteiger charge is -2.42. The molecule has 0 saturated carbocycles. The Labute approximate surface area is 243 Å². The Hall–Kier alpha value is -2.62. The highest BCUT2D eigenvalue weighted by Gasteiger charge is 2.48. The number of aliphatic hydroxyl groups excluding tert-OH is 1. The molecule has 1 aromatic rings. The Morgan fingerprint density at radius 3 is 2.41 bits per heavy atom. The highest BCUT2D eigenvalue weighted by Crippen LogP contribution is 2.44. The fourth-order valence-electron chi connectivity index (χ4n) is 6.64. The summed E-state index contributed by atoms with van der Waals surface area (Å²) in [5.74, 6) is -3.14. The lowest BCUT2D eigenvalue weighted by Crippen LogP contribution is -2.52. The fourth-order valence-corrected chi connectivity index (χ4v) is 6.64. The number of rotatable bonds is 15. The Bertz CT molecular complexity index is 1100. The van der Waals surface area contributed by atoms with Gasteiger partial charge in [-0.2, -0.15) is 0 Å². The number of likely N-dealkylation sites (N-methyl/N-ethyl adjacent to an activating group) is 1. The van der Waals surface area contributed by atoms with E-state index in [9.17, 15) is 23.5 Å². The molecule has 2 aliphatic rings. The number of nitrogens with one attached hydrogen (secondary N) is 1. The third-order valence-corrected chi connectivity index (χ3v) is 8.52. The van der Waals surface area contributed by atoms with Crippen LogP contribution in [0.3, 0.4) is 0 Å². The molecule has 2 amide bonds. The third kappa shape index (κ3) is 8.23. The summed E-state index contributed by atoms with van der Waals surface area (Å²) in [6, 6.07) is 3.59. The van der Waals surface area contributed by atoms with E-state index < -0.39 is 35.0 Å². The molecule has 3 rings (SSSR count). The van der Waals surface area contributed by atoms with Crippen molar-refractivity contribution >= 4 is 11.8 Å². The molecular weight excluding hydrogens is 526 g/mol. The van der Waals surface area contributed by atoms with Crippen LogP contribution in [0.1, 0.15) is 65.4 Å². The first-order valence-corrected chi connectivity index (χ1v) is 15.1. The van der Waals surface area contributed by atoms with E-state index in [0.29, 0.717) is 42.4 Å². The highest BCUT2D eigenvalue weighted by molar-refractivity contribution is 5.96. The van der Waals surface area contributed by atoms with Gasteiger partial charge in [-0.3, -0.25) is 14.5 Å².